The second-order valence-electron chi connectivity index (χ2n) is 7.33. The van der Waals surface area contributed by atoms with E-state index in [2.05, 4.69) is 16.0 Å². The number of aromatic carboxylic acids is 1. The average Bonchev–Trinajstić information content (AvgIpc) is 3.17. The Morgan fingerprint density at radius 1 is 1.06 bits per heavy atom. The average molecular weight is 451 g/mol. The SMILES string of the molecule is COCCOc1cccc(Cn2ccc3cc(Nc4ccc(Cl)cc4C(=O)O)ccc32)c1. The summed E-state index contributed by atoms with van der Waals surface area (Å²) in [6, 6.07) is 20.8. The number of fused-ring (bicyclic) bond motifs is 1. The van der Waals surface area contributed by atoms with E-state index in [1.54, 1.807) is 19.2 Å². The fraction of sp³-hybridized carbons (Fsp3) is 0.160. The van der Waals surface area contributed by atoms with Gasteiger partial charge in [0.1, 0.15) is 12.4 Å². The summed E-state index contributed by atoms with van der Waals surface area (Å²) >= 11 is 5.95. The first-order valence-electron chi connectivity index (χ1n) is 10.1. The molecule has 0 aliphatic carbocycles. The summed E-state index contributed by atoms with van der Waals surface area (Å²) in [5, 5.41) is 14.1. The lowest BCUT2D eigenvalue weighted by Gasteiger charge is -2.11. The van der Waals surface area contributed by atoms with Crippen molar-refractivity contribution in [3.63, 3.8) is 0 Å². The molecule has 1 heterocycles. The van der Waals surface area contributed by atoms with Crippen molar-refractivity contribution in [1.82, 2.24) is 4.57 Å². The molecule has 0 fully saturated rings. The highest BCUT2D eigenvalue weighted by atomic mass is 35.5. The Morgan fingerprint density at radius 2 is 1.94 bits per heavy atom. The van der Waals surface area contributed by atoms with Crippen LogP contribution in [0.25, 0.3) is 10.9 Å². The second-order valence-corrected chi connectivity index (χ2v) is 7.76. The highest BCUT2D eigenvalue weighted by molar-refractivity contribution is 6.31. The predicted molar refractivity (Wildman–Crippen MR) is 127 cm³/mol. The Hall–Kier alpha value is -3.48. The van der Waals surface area contributed by atoms with Crippen LogP contribution in [-0.2, 0) is 11.3 Å². The summed E-state index contributed by atoms with van der Waals surface area (Å²) in [5.41, 5.74) is 3.63. The number of nitrogens with one attached hydrogen (secondary N) is 1. The lowest BCUT2D eigenvalue weighted by molar-refractivity contribution is 0.0698. The molecule has 7 heteroatoms. The first-order chi connectivity index (χ1) is 15.5. The molecule has 0 atom stereocenters. The number of aromatic nitrogens is 1. The number of ether oxygens (including phenoxy) is 2. The second kappa shape index (κ2) is 9.77. The Kier molecular flexibility index (Phi) is 6.63. The fourth-order valence-corrected chi connectivity index (χ4v) is 3.72. The lowest BCUT2D eigenvalue weighted by atomic mass is 10.1. The van der Waals surface area contributed by atoms with Crippen molar-refractivity contribution < 1.29 is 19.4 Å². The number of carboxylic acid groups (broad SMARTS) is 1. The smallest absolute Gasteiger partial charge is 0.337 e. The predicted octanol–water partition coefficient (Wildman–Crippen LogP) is 5.81. The van der Waals surface area contributed by atoms with Gasteiger partial charge in [-0.1, -0.05) is 23.7 Å². The quantitative estimate of drug-likeness (QED) is 0.315. The molecule has 6 nitrogen and oxygen atoms in total. The molecule has 32 heavy (non-hydrogen) atoms. The van der Waals surface area contributed by atoms with Crippen LogP contribution in [0.15, 0.2) is 72.9 Å². The van der Waals surface area contributed by atoms with Crippen LogP contribution in [-0.4, -0.2) is 36.0 Å². The molecule has 0 amide bonds. The van der Waals surface area contributed by atoms with Crippen LogP contribution in [0.2, 0.25) is 5.02 Å². The van der Waals surface area contributed by atoms with Crippen molar-refractivity contribution in [3.05, 3.63) is 89.1 Å². The highest BCUT2D eigenvalue weighted by Crippen LogP contribution is 2.28. The van der Waals surface area contributed by atoms with Crippen LogP contribution < -0.4 is 10.1 Å². The van der Waals surface area contributed by atoms with E-state index in [0.717, 1.165) is 27.9 Å². The zero-order chi connectivity index (χ0) is 22.5. The van der Waals surface area contributed by atoms with Gasteiger partial charge in [0, 0.05) is 41.5 Å². The van der Waals surface area contributed by atoms with Crippen molar-refractivity contribution in [1.29, 1.82) is 0 Å². The molecule has 0 bridgehead atoms. The molecule has 4 aromatic rings. The zero-order valence-electron chi connectivity index (χ0n) is 17.5. The molecule has 0 aliphatic rings. The number of rotatable bonds is 9. The van der Waals surface area contributed by atoms with Crippen molar-refractivity contribution in [2.75, 3.05) is 25.6 Å². The maximum Gasteiger partial charge on any atom is 0.337 e. The topological polar surface area (TPSA) is 72.7 Å². The fourth-order valence-electron chi connectivity index (χ4n) is 3.55. The van der Waals surface area contributed by atoms with Crippen LogP contribution in [0.1, 0.15) is 15.9 Å². The number of carboxylic acids is 1. The van der Waals surface area contributed by atoms with Crippen molar-refractivity contribution >= 4 is 39.8 Å². The molecule has 0 aliphatic heterocycles. The monoisotopic (exact) mass is 450 g/mol. The number of benzene rings is 3. The molecule has 4 rings (SSSR count). The van der Waals surface area contributed by atoms with Gasteiger partial charge < -0.3 is 24.5 Å². The molecule has 0 spiro atoms. The van der Waals surface area contributed by atoms with Crippen molar-refractivity contribution in [2.24, 2.45) is 0 Å². The van der Waals surface area contributed by atoms with E-state index in [-0.39, 0.29) is 5.56 Å². The van der Waals surface area contributed by atoms with E-state index in [4.69, 9.17) is 21.1 Å². The van der Waals surface area contributed by atoms with Crippen LogP contribution >= 0.6 is 11.6 Å². The maximum atomic E-state index is 11.5. The van der Waals surface area contributed by atoms with Gasteiger partial charge in [0.2, 0.25) is 0 Å². The normalized spacial score (nSPS) is 10.9. The summed E-state index contributed by atoms with van der Waals surface area (Å²) < 4.78 is 12.9. The molecule has 0 radical (unpaired) electrons. The van der Waals surface area contributed by atoms with Crippen molar-refractivity contribution in [2.45, 2.75) is 6.54 Å². The van der Waals surface area contributed by atoms with Gasteiger partial charge in [0.25, 0.3) is 0 Å². The first kappa shape index (κ1) is 21.7. The minimum atomic E-state index is -1.03. The lowest BCUT2D eigenvalue weighted by Crippen LogP contribution is -2.05. The molecule has 2 N–H and O–H groups in total. The van der Waals surface area contributed by atoms with Gasteiger partial charge in [0.05, 0.1) is 17.9 Å². The van der Waals surface area contributed by atoms with E-state index in [9.17, 15) is 9.90 Å². The third kappa shape index (κ3) is 5.04. The van der Waals surface area contributed by atoms with Gasteiger partial charge in [-0.05, 0) is 60.2 Å². The van der Waals surface area contributed by atoms with E-state index < -0.39 is 5.97 Å². The van der Waals surface area contributed by atoms with Crippen LogP contribution in [0.5, 0.6) is 5.75 Å². The number of halogens is 1. The van der Waals surface area contributed by atoms with E-state index in [1.165, 1.54) is 6.07 Å². The molecule has 0 unspecified atom stereocenters. The Balaban J connectivity index is 1.53. The summed E-state index contributed by atoms with van der Waals surface area (Å²) in [5.74, 6) is -0.213. The summed E-state index contributed by atoms with van der Waals surface area (Å²) in [7, 11) is 1.65. The van der Waals surface area contributed by atoms with Gasteiger partial charge in [-0.15, -0.1) is 0 Å². The van der Waals surface area contributed by atoms with E-state index in [0.29, 0.717) is 30.5 Å². The number of anilines is 2. The number of methoxy groups -OCH3 is 1. The van der Waals surface area contributed by atoms with Crippen LogP contribution in [0, 0.1) is 0 Å². The Labute approximate surface area is 191 Å². The number of hydrogen-bond donors (Lipinski definition) is 2. The number of nitrogens with zero attached hydrogens (tertiary/aromatic N) is 1. The Bertz CT molecular complexity index is 1250. The van der Waals surface area contributed by atoms with E-state index in [1.807, 2.05) is 48.7 Å². The van der Waals surface area contributed by atoms with Crippen LogP contribution in [0.4, 0.5) is 11.4 Å². The van der Waals surface area contributed by atoms with Gasteiger partial charge in [-0.2, -0.15) is 0 Å². The molecule has 0 saturated carbocycles. The van der Waals surface area contributed by atoms with Gasteiger partial charge >= 0.3 is 5.97 Å². The van der Waals surface area contributed by atoms with Gasteiger partial charge in [-0.3, -0.25) is 0 Å². The Morgan fingerprint density at radius 3 is 2.75 bits per heavy atom. The number of hydrogen-bond acceptors (Lipinski definition) is 4. The number of carbonyl (C=O) groups is 1. The molecule has 164 valence electrons. The first-order valence-corrected chi connectivity index (χ1v) is 10.5. The summed E-state index contributed by atoms with van der Waals surface area (Å²) in [4.78, 5) is 11.5. The molecule has 1 aromatic heterocycles. The molecule has 3 aromatic carbocycles. The van der Waals surface area contributed by atoms with Gasteiger partial charge in [-0.25, -0.2) is 4.79 Å². The highest BCUT2D eigenvalue weighted by Gasteiger charge is 2.12. The summed E-state index contributed by atoms with van der Waals surface area (Å²) in [6.45, 7) is 1.77. The zero-order valence-corrected chi connectivity index (χ0v) is 18.3. The standard InChI is InChI=1S/C25H23ClN2O4/c1-31-11-12-32-21-4-2-3-17(13-21)16-28-10-9-18-14-20(6-8-24(18)28)27-23-7-5-19(26)15-22(23)25(29)30/h2-10,13-15,27H,11-12,16H2,1H3,(H,29,30). The van der Waals surface area contributed by atoms with Crippen LogP contribution in [0.3, 0.4) is 0 Å². The van der Waals surface area contributed by atoms with Crippen molar-refractivity contribution in [3.8, 4) is 5.75 Å². The third-order valence-corrected chi connectivity index (χ3v) is 5.30. The van der Waals surface area contributed by atoms with E-state index >= 15 is 0 Å². The largest absolute Gasteiger partial charge is 0.491 e. The minimum absolute atomic E-state index is 0.128. The molecular formula is C25H23ClN2O4. The summed E-state index contributed by atoms with van der Waals surface area (Å²) in [6.07, 6.45) is 2.04. The molecule has 0 saturated heterocycles. The maximum absolute atomic E-state index is 11.5. The van der Waals surface area contributed by atoms with Gasteiger partial charge in [0.15, 0.2) is 0 Å². The third-order valence-electron chi connectivity index (χ3n) is 5.07. The minimum Gasteiger partial charge on any atom is -0.491 e. The molecular weight excluding hydrogens is 428 g/mol.